The Morgan fingerprint density at radius 1 is 1.30 bits per heavy atom. The minimum Gasteiger partial charge on any atom is -0.394 e. The van der Waals surface area contributed by atoms with Gasteiger partial charge < -0.3 is 16.2 Å². The number of nitrogens with one attached hydrogen (secondary N) is 1. The lowest BCUT2D eigenvalue weighted by Crippen LogP contribution is -2.21. The molecule has 1 heterocycles. The van der Waals surface area contributed by atoms with Crippen LogP contribution in [-0.4, -0.2) is 27.7 Å². The Morgan fingerprint density at radius 3 is 2.75 bits per heavy atom. The molecule has 0 aliphatic carbocycles. The summed E-state index contributed by atoms with van der Waals surface area (Å²) in [5.74, 6) is 6.75. The zero-order valence-corrected chi connectivity index (χ0v) is 11.2. The van der Waals surface area contributed by atoms with E-state index in [0.717, 1.165) is 5.56 Å². The molecule has 0 unspecified atom stereocenters. The second kappa shape index (κ2) is 6.55. The van der Waals surface area contributed by atoms with Crippen molar-refractivity contribution < 1.29 is 5.11 Å². The van der Waals surface area contributed by atoms with Crippen molar-refractivity contribution >= 4 is 11.8 Å². The van der Waals surface area contributed by atoms with E-state index in [1.54, 1.807) is 6.20 Å². The topological polar surface area (TPSA) is 84.1 Å². The molecular formula is C15H16N4O. The molecule has 20 heavy (non-hydrogen) atoms. The van der Waals surface area contributed by atoms with Crippen molar-refractivity contribution in [2.75, 3.05) is 17.7 Å². The quantitative estimate of drug-likeness (QED) is 0.730. The van der Waals surface area contributed by atoms with Crippen molar-refractivity contribution in [2.24, 2.45) is 0 Å². The van der Waals surface area contributed by atoms with Gasteiger partial charge in [-0.05, 0) is 19.1 Å². The largest absolute Gasteiger partial charge is 0.394 e. The molecule has 1 aromatic carbocycles. The Morgan fingerprint density at radius 2 is 2.05 bits per heavy atom. The van der Waals surface area contributed by atoms with Crippen molar-refractivity contribution in [2.45, 2.75) is 13.0 Å². The van der Waals surface area contributed by atoms with Crippen LogP contribution in [0, 0.1) is 11.8 Å². The van der Waals surface area contributed by atoms with Gasteiger partial charge in [0.15, 0.2) is 0 Å². The summed E-state index contributed by atoms with van der Waals surface area (Å²) in [6.45, 7) is 1.84. The monoisotopic (exact) mass is 268 g/mol. The fraction of sp³-hybridized carbons (Fsp3) is 0.200. The van der Waals surface area contributed by atoms with E-state index >= 15 is 0 Å². The van der Waals surface area contributed by atoms with Gasteiger partial charge in [0, 0.05) is 11.6 Å². The van der Waals surface area contributed by atoms with E-state index in [4.69, 9.17) is 10.8 Å². The summed E-state index contributed by atoms with van der Waals surface area (Å²) in [7, 11) is 0. The van der Waals surface area contributed by atoms with Crippen molar-refractivity contribution in [1.29, 1.82) is 0 Å². The molecule has 2 rings (SSSR count). The zero-order chi connectivity index (χ0) is 14.4. The predicted octanol–water partition coefficient (Wildman–Crippen LogP) is 1.25. The molecule has 1 aromatic heterocycles. The van der Waals surface area contributed by atoms with Crippen LogP contribution >= 0.6 is 0 Å². The van der Waals surface area contributed by atoms with Gasteiger partial charge in [-0.2, -0.15) is 4.98 Å². The summed E-state index contributed by atoms with van der Waals surface area (Å²) in [5, 5.41) is 12.1. The number of anilines is 2. The van der Waals surface area contributed by atoms with Crippen LogP contribution < -0.4 is 11.1 Å². The van der Waals surface area contributed by atoms with Gasteiger partial charge >= 0.3 is 0 Å². The molecule has 0 fully saturated rings. The molecule has 0 amide bonds. The summed E-state index contributed by atoms with van der Waals surface area (Å²) in [6, 6.07) is 9.51. The number of aliphatic hydroxyl groups is 1. The van der Waals surface area contributed by atoms with E-state index in [1.165, 1.54) is 0 Å². The molecule has 0 bridgehead atoms. The number of nitrogen functional groups attached to an aromatic ring is 1. The van der Waals surface area contributed by atoms with E-state index in [1.807, 2.05) is 37.3 Å². The van der Waals surface area contributed by atoms with Crippen LogP contribution in [0.25, 0.3) is 0 Å². The third-order valence-electron chi connectivity index (χ3n) is 2.58. The molecule has 5 nitrogen and oxygen atoms in total. The number of aliphatic hydroxyl groups excluding tert-OH is 1. The highest BCUT2D eigenvalue weighted by Gasteiger charge is 2.07. The second-order valence-corrected chi connectivity index (χ2v) is 4.33. The molecule has 102 valence electrons. The summed E-state index contributed by atoms with van der Waals surface area (Å²) in [5.41, 5.74) is 7.13. The van der Waals surface area contributed by atoms with E-state index in [0.29, 0.717) is 11.4 Å². The van der Waals surface area contributed by atoms with E-state index < -0.39 is 0 Å². The number of hydrogen-bond acceptors (Lipinski definition) is 5. The lowest BCUT2D eigenvalue weighted by Gasteiger charge is -2.12. The van der Waals surface area contributed by atoms with Crippen LogP contribution in [0.4, 0.5) is 11.8 Å². The van der Waals surface area contributed by atoms with Gasteiger partial charge in [0.2, 0.25) is 5.95 Å². The predicted molar refractivity (Wildman–Crippen MR) is 79.0 cm³/mol. The highest BCUT2D eigenvalue weighted by molar-refractivity contribution is 5.56. The zero-order valence-electron chi connectivity index (χ0n) is 11.2. The number of nitrogens with two attached hydrogens (primary N) is 1. The highest BCUT2D eigenvalue weighted by atomic mass is 16.3. The normalized spacial score (nSPS) is 11.3. The van der Waals surface area contributed by atoms with Crippen LogP contribution in [0.3, 0.4) is 0 Å². The van der Waals surface area contributed by atoms with Crippen molar-refractivity contribution in [3.8, 4) is 11.8 Å². The third kappa shape index (κ3) is 3.70. The van der Waals surface area contributed by atoms with Gasteiger partial charge in [0.25, 0.3) is 0 Å². The smallest absolute Gasteiger partial charge is 0.222 e. The molecule has 0 saturated carbocycles. The first-order valence-corrected chi connectivity index (χ1v) is 6.26. The van der Waals surface area contributed by atoms with Crippen molar-refractivity contribution in [1.82, 2.24) is 9.97 Å². The van der Waals surface area contributed by atoms with Crippen LogP contribution in [-0.2, 0) is 0 Å². The molecule has 1 atom stereocenters. The lowest BCUT2D eigenvalue weighted by atomic mass is 10.2. The SMILES string of the molecule is C[C@H](CO)Nc1nc(N)ncc1C#Cc1ccccc1. The Bertz CT molecular complexity index is 631. The maximum absolute atomic E-state index is 9.09. The number of nitrogens with zero attached hydrogens (tertiary/aromatic N) is 2. The number of benzene rings is 1. The molecule has 0 saturated heterocycles. The minimum absolute atomic E-state index is 0.00450. The van der Waals surface area contributed by atoms with Gasteiger partial charge in [0.1, 0.15) is 5.82 Å². The first-order valence-electron chi connectivity index (χ1n) is 6.26. The maximum Gasteiger partial charge on any atom is 0.222 e. The highest BCUT2D eigenvalue weighted by Crippen LogP contribution is 2.12. The van der Waals surface area contributed by atoms with Crippen molar-refractivity contribution in [3.05, 3.63) is 47.7 Å². The van der Waals surface area contributed by atoms with E-state index in [9.17, 15) is 0 Å². The molecular weight excluding hydrogens is 252 g/mol. The van der Waals surface area contributed by atoms with E-state index in [-0.39, 0.29) is 18.6 Å². The molecule has 0 aliphatic heterocycles. The molecule has 0 aliphatic rings. The van der Waals surface area contributed by atoms with Gasteiger partial charge in [-0.15, -0.1) is 0 Å². The summed E-state index contributed by atoms with van der Waals surface area (Å²) in [4.78, 5) is 8.06. The Labute approximate surface area is 117 Å². The van der Waals surface area contributed by atoms with Crippen LogP contribution in [0.5, 0.6) is 0 Å². The van der Waals surface area contributed by atoms with Gasteiger partial charge in [0.05, 0.1) is 18.4 Å². The van der Waals surface area contributed by atoms with Crippen LogP contribution in [0.2, 0.25) is 0 Å². The fourth-order valence-corrected chi connectivity index (χ4v) is 1.54. The number of rotatable bonds is 3. The standard InChI is InChI=1S/C15H16N4O/c1-11(10-20)18-14-13(9-17-15(16)19-14)8-7-12-5-3-2-4-6-12/h2-6,9,11,20H,10H2,1H3,(H3,16,17,18,19)/t11-/m1/s1. The van der Waals surface area contributed by atoms with Gasteiger partial charge in [-0.1, -0.05) is 30.0 Å². The van der Waals surface area contributed by atoms with Gasteiger partial charge in [-0.3, -0.25) is 0 Å². The molecule has 5 heteroatoms. The number of hydrogen-bond donors (Lipinski definition) is 3. The minimum atomic E-state index is -0.137. The summed E-state index contributed by atoms with van der Waals surface area (Å²) >= 11 is 0. The molecule has 4 N–H and O–H groups in total. The van der Waals surface area contributed by atoms with Gasteiger partial charge in [-0.25, -0.2) is 4.98 Å². The average Bonchev–Trinajstić information content (AvgIpc) is 2.47. The lowest BCUT2D eigenvalue weighted by molar-refractivity contribution is 0.281. The van der Waals surface area contributed by atoms with Crippen molar-refractivity contribution in [3.63, 3.8) is 0 Å². The van der Waals surface area contributed by atoms with Crippen LogP contribution in [0.1, 0.15) is 18.1 Å². The Kier molecular flexibility index (Phi) is 4.53. The summed E-state index contributed by atoms with van der Waals surface area (Å²) in [6.07, 6.45) is 1.57. The molecule has 0 spiro atoms. The summed E-state index contributed by atoms with van der Waals surface area (Å²) < 4.78 is 0. The second-order valence-electron chi connectivity index (χ2n) is 4.33. The Hall–Kier alpha value is -2.58. The fourth-order valence-electron chi connectivity index (χ4n) is 1.54. The molecule has 2 aromatic rings. The number of aromatic nitrogens is 2. The maximum atomic E-state index is 9.09. The average molecular weight is 268 g/mol. The first-order chi connectivity index (χ1) is 9.69. The Balaban J connectivity index is 2.30. The van der Waals surface area contributed by atoms with Crippen LogP contribution in [0.15, 0.2) is 36.5 Å². The third-order valence-corrected chi connectivity index (χ3v) is 2.58. The first kappa shape index (κ1) is 13.8. The molecule has 0 radical (unpaired) electrons. The van der Waals surface area contributed by atoms with E-state index in [2.05, 4.69) is 27.1 Å².